The molecule has 1 saturated carbocycles. The number of halogens is 1. The molecule has 0 bridgehead atoms. The summed E-state index contributed by atoms with van der Waals surface area (Å²) in [7, 11) is 0. The fourth-order valence-electron chi connectivity index (χ4n) is 2.53. The molecule has 3 N–H and O–H groups in total. The van der Waals surface area contributed by atoms with E-state index in [4.69, 9.17) is 5.73 Å². The standard InChI is InChI=1S/C14H15BrN2OS/c1-7-4-9(5-7)17-14(18)13-12(16)10-3-2-8(15)6-11(10)19-13/h2-3,6-7,9H,4-5,16H2,1H3,(H,17,18). The predicted octanol–water partition coefficient (Wildman–Crippen LogP) is 3.77. The van der Waals surface area contributed by atoms with Gasteiger partial charge in [-0.3, -0.25) is 4.79 Å². The first-order valence-corrected chi connectivity index (χ1v) is 7.94. The molecule has 1 aromatic heterocycles. The van der Waals surface area contributed by atoms with Crippen LogP contribution in [0.15, 0.2) is 22.7 Å². The molecule has 0 atom stereocenters. The second-order valence-corrected chi connectivity index (χ2v) is 7.20. The zero-order chi connectivity index (χ0) is 13.6. The Bertz CT molecular complexity index is 646. The van der Waals surface area contributed by atoms with Gasteiger partial charge in [-0.1, -0.05) is 28.9 Å². The first-order chi connectivity index (χ1) is 9.04. The topological polar surface area (TPSA) is 55.1 Å². The van der Waals surface area contributed by atoms with Gasteiger partial charge < -0.3 is 11.1 Å². The van der Waals surface area contributed by atoms with Crippen LogP contribution in [0.4, 0.5) is 5.69 Å². The van der Waals surface area contributed by atoms with E-state index in [0.29, 0.717) is 16.6 Å². The predicted molar refractivity (Wildman–Crippen MR) is 83.6 cm³/mol. The van der Waals surface area contributed by atoms with Gasteiger partial charge in [-0.2, -0.15) is 0 Å². The average Bonchev–Trinajstić information content (AvgIpc) is 2.64. The quantitative estimate of drug-likeness (QED) is 0.875. The van der Waals surface area contributed by atoms with E-state index < -0.39 is 0 Å². The third-order valence-corrected chi connectivity index (χ3v) is 5.27. The summed E-state index contributed by atoms with van der Waals surface area (Å²) < 4.78 is 2.04. The van der Waals surface area contributed by atoms with Crippen LogP contribution < -0.4 is 11.1 Å². The first kappa shape index (κ1) is 12.9. The number of fused-ring (bicyclic) bond motifs is 1. The van der Waals surface area contributed by atoms with Crippen molar-refractivity contribution >= 4 is 48.9 Å². The number of carbonyl (C=O) groups excluding carboxylic acids is 1. The number of nitrogen functional groups attached to an aromatic ring is 1. The number of rotatable bonds is 2. The van der Waals surface area contributed by atoms with E-state index in [9.17, 15) is 4.79 Å². The molecule has 0 spiro atoms. The van der Waals surface area contributed by atoms with Gasteiger partial charge in [-0.25, -0.2) is 0 Å². The number of carbonyl (C=O) groups is 1. The van der Waals surface area contributed by atoms with E-state index in [1.165, 1.54) is 11.3 Å². The minimum atomic E-state index is -0.0354. The molecule has 2 aromatic rings. The SMILES string of the molecule is CC1CC(NC(=O)c2sc3cc(Br)ccc3c2N)C1. The molecule has 0 aliphatic heterocycles. The first-order valence-electron chi connectivity index (χ1n) is 6.33. The molecule has 100 valence electrons. The van der Waals surface area contributed by atoms with Crippen molar-refractivity contribution in [2.45, 2.75) is 25.8 Å². The van der Waals surface area contributed by atoms with Crippen molar-refractivity contribution in [2.24, 2.45) is 5.92 Å². The fourth-order valence-corrected chi connectivity index (χ4v) is 4.11. The molecule has 0 saturated heterocycles. The Hall–Kier alpha value is -1.07. The molecule has 3 nitrogen and oxygen atoms in total. The summed E-state index contributed by atoms with van der Waals surface area (Å²) in [5.74, 6) is 0.688. The molecule has 3 rings (SSSR count). The number of hydrogen-bond acceptors (Lipinski definition) is 3. The molecule has 1 aliphatic rings. The molecular weight excluding hydrogens is 324 g/mol. The number of nitrogens with one attached hydrogen (secondary N) is 1. The van der Waals surface area contributed by atoms with Gasteiger partial charge in [0.25, 0.3) is 5.91 Å². The monoisotopic (exact) mass is 338 g/mol. The van der Waals surface area contributed by atoms with Gasteiger partial charge in [0.05, 0.1) is 5.69 Å². The van der Waals surface area contributed by atoms with Crippen LogP contribution in [0, 0.1) is 5.92 Å². The number of anilines is 1. The maximum absolute atomic E-state index is 12.2. The van der Waals surface area contributed by atoms with E-state index in [-0.39, 0.29) is 5.91 Å². The lowest BCUT2D eigenvalue weighted by atomic mass is 9.82. The zero-order valence-electron chi connectivity index (χ0n) is 10.6. The van der Waals surface area contributed by atoms with Crippen LogP contribution in [0.25, 0.3) is 10.1 Å². The molecule has 1 heterocycles. The van der Waals surface area contributed by atoms with E-state index >= 15 is 0 Å². The number of benzene rings is 1. The van der Waals surface area contributed by atoms with E-state index in [1.807, 2.05) is 18.2 Å². The second kappa shape index (κ2) is 4.80. The minimum Gasteiger partial charge on any atom is -0.397 e. The molecule has 1 amide bonds. The van der Waals surface area contributed by atoms with Crippen molar-refractivity contribution in [3.63, 3.8) is 0 Å². The summed E-state index contributed by atoms with van der Waals surface area (Å²) >= 11 is 4.89. The van der Waals surface area contributed by atoms with Crippen LogP contribution >= 0.6 is 27.3 Å². The highest BCUT2D eigenvalue weighted by Gasteiger charge is 2.28. The second-order valence-electron chi connectivity index (χ2n) is 5.23. The Morgan fingerprint density at radius 3 is 2.89 bits per heavy atom. The summed E-state index contributed by atoms with van der Waals surface area (Å²) in [5.41, 5.74) is 6.68. The summed E-state index contributed by atoms with van der Waals surface area (Å²) in [4.78, 5) is 12.9. The minimum absolute atomic E-state index is 0.0354. The van der Waals surface area contributed by atoms with Crippen LogP contribution in [-0.4, -0.2) is 11.9 Å². The normalized spacial score (nSPS) is 22.2. The van der Waals surface area contributed by atoms with Crippen molar-refractivity contribution in [2.75, 3.05) is 5.73 Å². The van der Waals surface area contributed by atoms with Gasteiger partial charge in [-0.15, -0.1) is 11.3 Å². The van der Waals surface area contributed by atoms with Gasteiger partial charge in [0, 0.05) is 20.6 Å². The van der Waals surface area contributed by atoms with Crippen molar-refractivity contribution in [3.8, 4) is 0 Å². The number of thiophene rings is 1. The van der Waals surface area contributed by atoms with E-state index in [0.717, 1.165) is 33.3 Å². The highest BCUT2D eigenvalue weighted by atomic mass is 79.9. The highest BCUT2D eigenvalue weighted by molar-refractivity contribution is 9.10. The smallest absolute Gasteiger partial charge is 0.263 e. The Balaban J connectivity index is 1.87. The third-order valence-electron chi connectivity index (χ3n) is 3.61. The highest BCUT2D eigenvalue weighted by Crippen LogP contribution is 2.36. The van der Waals surface area contributed by atoms with Gasteiger partial charge in [0.15, 0.2) is 0 Å². The van der Waals surface area contributed by atoms with Crippen LogP contribution in [0.3, 0.4) is 0 Å². The van der Waals surface area contributed by atoms with Gasteiger partial charge >= 0.3 is 0 Å². The van der Waals surface area contributed by atoms with Crippen molar-refractivity contribution in [1.29, 1.82) is 0 Å². The van der Waals surface area contributed by atoms with Crippen LogP contribution in [0.5, 0.6) is 0 Å². The molecular formula is C14H15BrN2OS. The molecule has 0 radical (unpaired) electrons. The molecule has 0 unspecified atom stereocenters. The largest absolute Gasteiger partial charge is 0.397 e. The molecule has 1 aromatic carbocycles. The molecule has 1 fully saturated rings. The van der Waals surface area contributed by atoms with E-state index in [1.54, 1.807) is 0 Å². The Labute approximate surface area is 124 Å². The number of nitrogens with two attached hydrogens (primary N) is 1. The van der Waals surface area contributed by atoms with Gasteiger partial charge in [0.2, 0.25) is 0 Å². The van der Waals surface area contributed by atoms with Crippen molar-refractivity contribution in [1.82, 2.24) is 5.32 Å². The number of amides is 1. The lowest BCUT2D eigenvalue weighted by Crippen LogP contribution is -2.43. The summed E-state index contributed by atoms with van der Waals surface area (Å²) in [6.45, 7) is 2.20. The summed E-state index contributed by atoms with van der Waals surface area (Å²) in [6.07, 6.45) is 2.14. The Morgan fingerprint density at radius 2 is 2.21 bits per heavy atom. The summed E-state index contributed by atoms with van der Waals surface area (Å²) in [5, 5.41) is 4.02. The Morgan fingerprint density at radius 1 is 1.47 bits per heavy atom. The van der Waals surface area contributed by atoms with Crippen LogP contribution in [-0.2, 0) is 0 Å². The Kier molecular flexibility index (Phi) is 3.27. The lowest BCUT2D eigenvalue weighted by Gasteiger charge is -2.33. The van der Waals surface area contributed by atoms with Crippen molar-refractivity contribution < 1.29 is 4.79 Å². The van der Waals surface area contributed by atoms with Gasteiger partial charge in [-0.05, 0) is 30.9 Å². The average molecular weight is 339 g/mol. The summed E-state index contributed by atoms with van der Waals surface area (Å²) in [6, 6.07) is 6.21. The third kappa shape index (κ3) is 2.37. The maximum Gasteiger partial charge on any atom is 0.263 e. The zero-order valence-corrected chi connectivity index (χ0v) is 13.0. The van der Waals surface area contributed by atoms with Crippen LogP contribution in [0.2, 0.25) is 0 Å². The molecule has 19 heavy (non-hydrogen) atoms. The maximum atomic E-state index is 12.2. The van der Waals surface area contributed by atoms with Crippen LogP contribution in [0.1, 0.15) is 29.4 Å². The van der Waals surface area contributed by atoms with E-state index in [2.05, 4.69) is 28.2 Å². The number of hydrogen-bond donors (Lipinski definition) is 2. The molecule has 5 heteroatoms. The van der Waals surface area contributed by atoms with Crippen molar-refractivity contribution in [3.05, 3.63) is 27.5 Å². The lowest BCUT2D eigenvalue weighted by molar-refractivity contribution is 0.0901. The molecule has 1 aliphatic carbocycles. The van der Waals surface area contributed by atoms with Gasteiger partial charge in [0.1, 0.15) is 4.88 Å². The fraction of sp³-hybridized carbons (Fsp3) is 0.357.